The van der Waals surface area contributed by atoms with E-state index in [4.69, 9.17) is 4.74 Å². The minimum atomic E-state index is 0.132. The first-order valence-electron chi connectivity index (χ1n) is 10.8. The van der Waals surface area contributed by atoms with Gasteiger partial charge in [0.1, 0.15) is 6.61 Å². The maximum absolute atomic E-state index is 13.0. The number of rotatable bonds is 6. The summed E-state index contributed by atoms with van der Waals surface area (Å²) in [6.07, 6.45) is 12.9. The van der Waals surface area contributed by atoms with Gasteiger partial charge in [-0.3, -0.25) is 9.69 Å². The number of esters is 1. The van der Waals surface area contributed by atoms with Crippen LogP contribution in [-0.4, -0.2) is 62.1 Å². The molecule has 3 rings (SSSR count). The summed E-state index contributed by atoms with van der Waals surface area (Å²) < 4.78 is 5.85. The number of likely N-dealkylation sites (N-methyl/N-ethyl adjacent to an activating group) is 1. The van der Waals surface area contributed by atoms with Gasteiger partial charge >= 0.3 is 5.97 Å². The van der Waals surface area contributed by atoms with Crippen LogP contribution >= 0.6 is 0 Å². The van der Waals surface area contributed by atoms with Crippen molar-refractivity contribution in [2.75, 3.05) is 46.4 Å². The fourth-order valence-corrected chi connectivity index (χ4v) is 5.20. The van der Waals surface area contributed by atoms with Gasteiger partial charge in [0.2, 0.25) is 0 Å². The molecule has 0 spiro atoms. The highest BCUT2D eigenvalue weighted by molar-refractivity contribution is 5.73. The molecule has 4 nitrogen and oxygen atoms in total. The Kier molecular flexibility index (Phi) is 7.60. The van der Waals surface area contributed by atoms with Gasteiger partial charge in [0.05, 0.1) is 5.92 Å². The van der Waals surface area contributed by atoms with Crippen LogP contribution in [0.15, 0.2) is 0 Å². The average molecular weight is 351 g/mol. The summed E-state index contributed by atoms with van der Waals surface area (Å²) in [7, 11) is 2.18. The van der Waals surface area contributed by atoms with Gasteiger partial charge in [0, 0.05) is 32.7 Å². The number of piperazine rings is 1. The fourth-order valence-electron chi connectivity index (χ4n) is 5.20. The maximum atomic E-state index is 13.0. The SMILES string of the molecule is CN1CCN(CCOC(=O)C(C2CCCCC2)C2CCCCC2)CC1. The summed E-state index contributed by atoms with van der Waals surface area (Å²) in [6, 6.07) is 0. The predicted molar refractivity (Wildman–Crippen MR) is 102 cm³/mol. The lowest BCUT2D eigenvalue weighted by Gasteiger charge is -2.36. The third-order valence-corrected chi connectivity index (χ3v) is 6.84. The molecule has 0 aromatic heterocycles. The van der Waals surface area contributed by atoms with Crippen LogP contribution in [0.1, 0.15) is 64.2 Å². The quantitative estimate of drug-likeness (QED) is 0.686. The highest BCUT2D eigenvalue weighted by atomic mass is 16.5. The third-order valence-electron chi connectivity index (χ3n) is 6.84. The smallest absolute Gasteiger partial charge is 0.309 e. The summed E-state index contributed by atoms with van der Waals surface area (Å²) in [5, 5.41) is 0. The Labute approximate surface area is 154 Å². The zero-order valence-corrected chi connectivity index (χ0v) is 16.3. The number of carbonyl (C=O) groups excluding carboxylic acids is 1. The van der Waals surface area contributed by atoms with Gasteiger partial charge in [-0.1, -0.05) is 38.5 Å². The molecule has 0 N–H and O–H groups in total. The molecule has 3 aliphatic rings. The van der Waals surface area contributed by atoms with Gasteiger partial charge in [-0.2, -0.15) is 0 Å². The second kappa shape index (κ2) is 9.91. The van der Waals surface area contributed by atoms with Crippen molar-refractivity contribution in [3.63, 3.8) is 0 Å². The van der Waals surface area contributed by atoms with Crippen LogP contribution in [0.2, 0.25) is 0 Å². The molecule has 4 heteroatoms. The standard InChI is InChI=1S/C21H38N2O2/c1-22-12-14-23(15-13-22)16-17-25-21(24)20(18-8-4-2-5-9-18)19-10-6-3-7-11-19/h18-20H,2-17H2,1H3. The molecule has 1 heterocycles. The topological polar surface area (TPSA) is 32.8 Å². The van der Waals surface area contributed by atoms with E-state index in [9.17, 15) is 4.79 Å². The number of hydrogen-bond donors (Lipinski definition) is 0. The van der Waals surface area contributed by atoms with E-state index in [1.807, 2.05) is 0 Å². The van der Waals surface area contributed by atoms with Crippen molar-refractivity contribution >= 4 is 5.97 Å². The predicted octanol–water partition coefficient (Wildman–Crippen LogP) is 3.55. The summed E-state index contributed by atoms with van der Waals surface area (Å²) in [6.45, 7) is 5.94. The Morgan fingerprint density at radius 2 is 1.40 bits per heavy atom. The van der Waals surface area contributed by atoms with E-state index in [2.05, 4.69) is 16.8 Å². The molecule has 0 amide bonds. The van der Waals surface area contributed by atoms with Crippen molar-refractivity contribution in [2.24, 2.45) is 17.8 Å². The second-order valence-corrected chi connectivity index (χ2v) is 8.63. The van der Waals surface area contributed by atoms with E-state index in [0.717, 1.165) is 32.7 Å². The number of ether oxygens (including phenoxy) is 1. The van der Waals surface area contributed by atoms with Crippen LogP contribution in [0.3, 0.4) is 0 Å². The van der Waals surface area contributed by atoms with Crippen molar-refractivity contribution in [1.82, 2.24) is 9.80 Å². The van der Waals surface area contributed by atoms with E-state index in [1.54, 1.807) is 0 Å². The van der Waals surface area contributed by atoms with E-state index in [1.165, 1.54) is 64.2 Å². The van der Waals surface area contributed by atoms with Crippen LogP contribution in [0, 0.1) is 17.8 Å². The molecule has 0 bridgehead atoms. The van der Waals surface area contributed by atoms with Crippen LogP contribution in [0.25, 0.3) is 0 Å². The highest BCUT2D eigenvalue weighted by Gasteiger charge is 2.37. The Morgan fingerprint density at radius 3 is 1.92 bits per heavy atom. The summed E-state index contributed by atoms with van der Waals surface area (Å²) in [5.74, 6) is 1.50. The van der Waals surface area contributed by atoms with Crippen molar-refractivity contribution in [3.05, 3.63) is 0 Å². The van der Waals surface area contributed by atoms with Crippen LogP contribution in [-0.2, 0) is 9.53 Å². The first-order chi connectivity index (χ1) is 12.2. The Bertz CT molecular complexity index is 377. The molecule has 1 aliphatic heterocycles. The normalized spacial score (nSPS) is 25.4. The van der Waals surface area contributed by atoms with Crippen LogP contribution in [0.5, 0.6) is 0 Å². The molecule has 0 unspecified atom stereocenters. The number of carbonyl (C=O) groups is 1. The lowest BCUT2D eigenvalue weighted by molar-refractivity contribution is -0.154. The number of nitrogens with zero attached hydrogens (tertiary/aromatic N) is 2. The Hall–Kier alpha value is -0.610. The second-order valence-electron chi connectivity index (χ2n) is 8.63. The summed E-state index contributed by atoms with van der Waals surface area (Å²) in [4.78, 5) is 17.8. The van der Waals surface area contributed by atoms with Gasteiger partial charge in [-0.05, 0) is 44.6 Å². The van der Waals surface area contributed by atoms with Gasteiger partial charge < -0.3 is 9.64 Å². The molecule has 0 atom stereocenters. The van der Waals surface area contributed by atoms with Crippen molar-refractivity contribution < 1.29 is 9.53 Å². The molecular formula is C21H38N2O2. The third kappa shape index (κ3) is 5.68. The lowest BCUT2D eigenvalue weighted by Crippen LogP contribution is -2.45. The molecule has 3 fully saturated rings. The highest BCUT2D eigenvalue weighted by Crippen LogP contribution is 2.40. The van der Waals surface area contributed by atoms with Crippen molar-refractivity contribution in [3.8, 4) is 0 Å². The van der Waals surface area contributed by atoms with E-state index >= 15 is 0 Å². The molecule has 25 heavy (non-hydrogen) atoms. The Balaban J connectivity index is 1.49. The van der Waals surface area contributed by atoms with Crippen LogP contribution < -0.4 is 0 Å². The van der Waals surface area contributed by atoms with Gasteiger partial charge in [-0.15, -0.1) is 0 Å². The Morgan fingerprint density at radius 1 is 0.880 bits per heavy atom. The number of hydrogen-bond acceptors (Lipinski definition) is 4. The van der Waals surface area contributed by atoms with E-state index in [-0.39, 0.29) is 11.9 Å². The molecule has 0 aromatic carbocycles. The fraction of sp³-hybridized carbons (Fsp3) is 0.952. The maximum Gasteiger partial charge on any atom is 0.309 e. The minimum absolute atomic E-state index is 0.132. The molecule has 0 radical (unpaired) electrons. The summed E-state index contributed by atoms with van der Waals surface area (Å²) >= 11 is 0. The molecule has 0 aromatic rings. The first kappa shape index (κ1) is 19.2. The molecule has 2 saturated carbocycles. The van der Waals surface area contributed by atoms with Crippen molar-refractivity contribution in [1.29, 1.82) is 0 Å². The van der Waals surface area contributed by atoms with Crippen LogP contribution in [0.4, 0.5) is 0 Å². The minimum Gasteiger partial charge on any atom is -0.464 e. The average Bonchev–Trinajstić information content (AvgIpc) is 2.65. The molecular weight excluding hydrogens is 312 g/mol. The van der Waals surface area contributed by atoms with Crippen molar-refractivity contribution in [2.45, 2.75) is 64.2 Å². The largest absolute Gasteiger partial charge is 0.464 e. The van der Waals surface area contributed by atoms with Gasteiger partial charge in [0.15, 0.2) is 0 Å². The lowest BCUT2D eigenvalue weighted by atomic mass is 9.69. The molecule has 144 valence electrons. The summed E-state index contributed by atoms with van der Waals surface area (Å²) in [5.41, 5.74) is 0. The van der Waals surface area contributed by atoms with Gasteiger partial charge in [-0.25, -0.2) is 0 Å². The van der Waals surface area contributed by atoms with E-state index < -0.39 is 0 Å². The zero-order valence-electron chi connectivity index (χ0n) is 16.3. The molecule has 2 aliphatic carbocycles. The first-order valence-corrected chi connectivity index (χ1v) is 10.8. The zero-order chi connectivity index (χ0) is 17.5. The molecule has 1 saturated heterocycles. The monoisotopic (exact) mass is 350 g/mol. The van der Waals surface area contributed by atoms with Gasteiger partial charge in [0.25, 0.3) is 0 Å². The van der Waals surface area contributed by atoms with E-state index in [0.29, 0.717) is 18.4 Å².